The molecule has 0 aromatic heterocycles. The van der Waals surface area contributed by atoms with Crippen molar-refractivity contribution in [3.63, 3.8) is 0 Å². The summed E-state index contributed by atoms with van der Waals surface area (Å²) in [6, 6.07) is 0. The molecule has 0 aromatic carbocycles. The molecule has 47 heavy (non-hydrogen) atoms. The van der Waals surface area contributed by atoms with Crippen LogP contribution in [0.25, 0.3) is 0 Å². The smallest absolute Gasteiger partial charge is 0.0816 e. The zero-order valence-corrected chi connectivity index (χ0v) is 32.7. The molecule has 4 aliphatic carbocycles. The minimum absolute atomic E-state index is 0.294. The first-order chi connectivity index (χ1) is 22.9. The first-order valence-electron chi connectivity index (χ1n) is 21.9. The molecule has 0 bridgehead atoms. The highest BCUT2D eigenvalue weighted by Crippen LogP contribution is 2.44. The van der Waals surface area contributed by atoms with Crippen molar-refractivity contribution < 1.29 is 4.74 Å². The number of hydrogen-bond donors (Lipinski definition) is 0. The average molecular weight is 651 g/mol. The molecule has 0 spiro atoms. The Morgan fingerprint density at radius 2 is 0.872 bits per heavy atom. The molecule has 0 aromatic rings. The third kappa shape index (κ3) is 12.9. The van der Waals surface area contributed by atoms with Gasteiger partial charge in [-0.1, -0.05) is 156 Å². The lowest BCUT2D eigenvalue weighted by Crippen LogP contribution is -2.35. The number of rotatable bonds is 20. The van der Waals surface area contributed by atoms with Crippen molar-refractivity contribution in [1.82, 2.24) is 0 Å². The van der Waals surface area contributed by atoms with E-state index in [2.05, 4.69) is 53.7 Å². The molecule has 1 heteroatoms. The van der Waals surface area contributed by atoms with E-state index in [0.29, 0.717) is 24.0 Å². The van der Waals surface area contributed by atoms with Crippen molar-refractivity contribution in [3.05, 3.63) is 23.3 Å². The van der Waals surface area contributed by atoms with E-state index >= 15 is 0 Å². The molecule has 4 unspecified atom stereocenters. The Bertz CT molecular complexity index is 807. The average Bonchev–Trinajstić information content (AvgIpc) is 3.09. The zero-order valence-electron chi connectivity index (χ0n) is 32.7. The zero-order chi connectivity index (χ0) is 33.4. The molecule has 0 saturated heterocycles. The van der Waals surface area contributed by atoms with E-state index in [9.17, 15) is 0 Å². The molecular formula is C46H82O. The summed E-state index contributed by atoms with van der Waals surface area (Å²) in [7, 11) is 0. The van der Waals surface area contributed by atoms with Gasteiger partial charge in [-0.05, 0) is 123 Å². The Hall–Kier alpha value is -0.560. The Morgan fingerprint density at radius 3 is 1.19 bits per heavy atom. The van der Waals surface area contributed by atoms with E-state index in [4.69, 9.17) is 4.74 Å². The van der Waals surface area contributed by atoms with Crippen LogP contribution in [-0.2, 0) is 4.74 Å². The topological polar surface area (TPSA) is 9.23 Å². The molecule has 4 rings (SSSR count). The van der Waals surface area contributed by atoms with Crippen LogP contribution in [0.4, 0.5) is 0 Å². The molecule has 272 valence electrons. The predicted molar refractivity (Wildman–Crippen MR) is 207 cm³/mol. The van der Waals surface area contributed by atoms with Crippen molar-refractivity contribution in [3.8, 4) is 0 Å². The second-order valence-corrected chi connectivity index (χ2v) is 18.1. The Morgan fingerprint density at radius 1 is 0.489 bits per heavy atom. The molecule has 2 saturated carbocycles. The first kappa shape index (κ1) is 39.2. The minimum atomic E-state index is 0.294. The first-order valence-corrected chi connectivity index (χ1v) is 21.9. The normalized spacial score (nSPS) is 30.3. The van der Waals surface area contributed by atoms with Crippen LogP contribution in [0.15, 0.2) is 23.3 Å². The van der Waals surface area contributed by atoms with Crippen LogP contribution in [-0.4, -0.2) is 12.2 Å². The summed E-state index contributed by atoms with van der Waals surface area (Å²) in [5.41, 5.74) is 3.28. The van der Waals surface area contributed by atoms with Gasteiger partial charge in [0.1, 0.15) is 0 Å². The highest BCUT2D eigenvalue weighted by molar-refractivity contribution is 5.18. The van der Waals surface area contributed by atoms with E-state index in [1.165, 1.54) is 167 Å². The van der Waals surface area contributed by atoms with E-state index in [1.807, 2.05) is 0 Å². The second-order valence-electron chi connectivity index (χ2n) is 18.1. The summed E-state index contributed by atoms with van der Waals surface area (Å²) in [5, 5.41) is 0. The molecule has 0 amide bonds. The molecule has 1 nitrogen and oxygen atoms in total. The van der Waals surface area contributed by atoms with E-state index in [1.54, 1.807) is 11.1 Å². The maximum absolute atomic E-state index is 7.23. The van der Waals surface area contributed by atoms with Crippen molar-refractivity contribution in [2.75, 3.05) is 0 Å². The minimum Gasteiger partial charge on any atom is -0.366 e. The van der Waals surface area contributed by atoms with Crippen LogP contribution < -0.4 is 0 Å². The molecule has 4 aliphatic rings. The Labute approximate surface area is 295 Å². The van der Waals surface area contributed by atoms with Crippen molar-refractivity contribution in [2.45, 2.75) is 221 Å². The van der Waals surface area contributed by atoms with Crippen molar-refractivity contribution >= 4 is 0 Å². The maximum atomic E-state index is 7.23. The van der Waals surface area contributed by atoms with Gasteiger partial charge in [-0.2, -0.15) is 0 Å². The molecule has 4 atom stereocenters. The fraction of sp³-hybridized carbons (Fsp3) is 0.913. The second kappa shape index (κ2) is 21.6. The van der Waals surface area contributed by atoms with E-state index in [0.717, 1.165) is 35.5 Å². The van der Waals surface area contributed by atoms with Gasteiger partial charge < -0.3 is 4.74 Å². The third-order valence-electron chi connectivity index (χ3n) is 13.8. The van der Waals surface area contributed by atoms with Gasteiger partial charge in [-0.15, -0.1) is 0 Å². The maximum Gasteiger partial charge on any atom is 0.0816 e. The SMILES string of the molecule is CCCCCCCC1CCC(C2CC=C(C(OC(C3=CCC(C4CCC(CCCCCCC)CC4)CC3)C(C)C)C(C)C)CC2)CC1. The van der Waals surface area contributed by atoms with Gasteiger partial charge in [0, 0.05) is 0 Å². The molecule has 0 N–H and O–H groups in total. The highest BCUT2D eigenvalue weighted by Gasteiger charge is 2.34. The molecule has 0 aliphatic heterocycles. The summed E-state index contributed by atoms with van der Waals surface area (Å²) < 4.78 is 7.23. The van der Waals surface area contributed by atoms with Crippen LogP contribution in [0.1, 0.15) is 208 Å². The summed E-state index contributed by atoms with van der Waals surface area (Å²) in [6.07, 6.45) is 43.4. The summed E-state index contributed by atoms with van der Waals surface area (Å²) in [4.78, 5) is 0. The molecule has 0 heterocycles. The van der Waals surface area contributed by atoms with Gasteiger partial charge in [0.05, 0.1) is 12.2 Å². The van der Waals surface area contributed by atoms with Gasteiger partial charge in [-0.25, -0.2) is 0 Å². The van der Waals surface area contributed by atoms with Crippen molar-refractivity contribution in [1.29, 1.82) is 0 Å². The van der Waals surface area contributed by atoms with E-state index in [-0.39, 0.29) is 0 Å². The van der Waals surface area contributed by atoms with Crippen molar-refractivity contribution in [2.24, 2.45) is 47.3 Å². The van der Waals surface area contributed by atoms with E-state index < -0.39 is 0 Å². The highest BCUT2D eigenvalue weighted by atomic mass is 16.5. The predicted octanol–water partition coefficient (Wildman–Crippen LogP) is 14.8. The van der Waals surface area contributed by atoms with Gasteiger partial charge >= 0.3 is 0 Å². The number of unbranched alkanes of at least 4 members (excludes halogenated alkanes) is 8. The van der Waals surface area contributed by atoms with Gasteiger partial charge in [0.25, 0.3) is 0 Å². The molecule has 0 radical (unpaired) electrons. The summed E-state index contributed by atoms with van der Waals surface area (Å²) >= 11 is 0. The quantitative estimate of drug-likeness (QED) is 0.0941. The molecular weight excluding hydrogens is 569 g/mol. The monoisotopic (exact) mass is 651 g/mol. The van der Waals surface area contributed by atoms with Crippen LogP contribution in [0.5, 0.6) is 0 Å². The lowest BCUT2D eigenvalue weighted by molar-refractivity contribution is -0.0242. The summed E-state index contributed by atoms with van der Waals surface area (Å²) in [6.45, 7) is 14.3. The Kier molecular flexibility index (Phi) is 18.0. The lowest BCUT2D eigenvalue weighted by atomic mass is 9.70. The number of allylic oxidation sites excluding steroid dienone is 2. The lowest BCUT2D eigenvalue weighted by Gasteiger charge is -2.40. The third-order valence-corrected chi connectivity index (χ3v) is 13.8. The van der Waals surface area contributed by atoms with Crippen LogP contribution in [0.2, 0.25) is 0 Å². The number of hydrogen-bond acceptors (Lipinski definition) is 1. The molecule has 2 fully saturated rings. The van der Waals surface area contributed by atoms with Crippen LogP contribution in [0.3, 0.4) is 0 Å². The Balaban J connectivity index is 1.21. The standard InChI is InChI=1S/C46H82O/c1-7-9-11-13-15-17-37-19-23-39(24-20-37)41-27-31-43(32-28-41)45(35(3)4)47-46(36(5)6)44-33-29-42(30-34-44)40-25-21-38(22-26-40)18-16-14-12-10-8-2/h31,33,35-42,45-46H,7-30,32,34H2,1-6H3. The van der Waals surface area contributed by atoms with Gasteiger partial charge in [0.2, 0.25) is 0 Å². The van der Waals surface area contributed by atoms with Gasteiger partial charge in [-0.3, -0.25) is 0 Å². The number of ether oxygens (including phenoxy) is 1. The summed E-state index contributed by atoms with van der Waals surface area (Å²) in [5.74, 6) is 6.98. The van der Waals surface area contributed by atoms with Crippen LogP contribution >= 0.6 is 0 Å². The van der Waals surface area contributed by atoms with Gasteiger partial charge in [0.15, 0.2) is 0 Å². The largest absolute Gasteiger partial charge is 0.366 e. The van der Waals surface area contributed by atoms with Crippen LogP contribution in [0, 0.1) is 47.3 Å². The fourth-order valence-corrected chi connectivity index (χ4v) is 10.6. The fourth-order valence-electron chi connectivity index (χ4n) is 10.6.